The molecule has 0 spiro atoms. The topological polar surface area (TPSA) is 94.2 Å². The second kappa shape index (κ2) is 10.2. The summed E-state index contributed by atoms with van der Waals surface area (Å²) in [6, 6.07) is 11.3. The van der Waals surface area contributed by atoms with E-state index in [4.69, 9.17) is 14.2 Å². The van der Waals surface area contributed by atoms with Gasteiger partial charge in [-0.2, -0.15) is 0 Å². The summed E-state index contributed by atoms with van der Waals surface area (Å²) in [6.07, 6.45) is 1.05. The average molecular weight is 437 g/mol. The molecule has 1 N–H and O–H groups in total. The van der Waals surface area contributed by atoms with Gasteiger partial charge < -0.3 is 19.5 Å². The number of aryl methyl sites for hydroxylation is 1. The molecule has 1 amide bonds. The molecule has 0 bridgehead atoms. The molecule has 0 saturated carbocycles. The van der Waals surface area contributed by atoms with Gasteiger partial charge in [-0.15, -0.1) is 0 Å². The Balaban J connectivity index is 2.06. The Morgan fingerprint density at radius 1 is 1.07 bits per heavy atom. The summed E-state index contributed by atoms with van der Waals surface area (Å²) in [4.78, 5) is 12.6. The highest BCUT2D eigenvalue weighted by Crippen LogP contribution is 2.33. The first kappa shape index (κ1) is 23.3. The fraction of sp³-hybridized carbons (Fsp3) is 0.381. The molecule has 0 unspecified atom stereocenters. The molecular weight excluding hydrogens is 408 g/mol. The van der Waals surface area contributed by atoms with Crippen molar-refractivity contribution >= 4 is 21.6 Å². The summed E-state index contributed by atoms with van der Waals surface area (Å²) in [6.45, 7) is 4.00. The number of methoxy groups -OCH3 is 2. The molecule has 0 radical (unpaired) electrons. The third kappa shape index (κ3) is 6.03. The average Bonchev–Trinajstić information content (AvgIpc) is 2.71. The number of rotatable bonds is 10. The quantitative estimate of drug-likeness (QED) is 0.575. The molecule has 0 aliphatic rings. The molecule has 2 aromatic rings. The largest absolute Gasteiger partial charge is 0.493 e. The van der Waals surface area contributed by atoms with Crippen LogP contribution in [0.15, 0.2) is 42.5 Å². The van der Waals surface area contributed by atoms with Crippen molar-refractivity contribution in [2.24, 2.45) is 0 Å². The zero-order valence-corrected chi connectivity index (χ0v) is 18.7. The Kier molecular flexibility index (Phi) is 7.93. The second-order valence-corrected chi connectivity index (χ2v) is 8.59. The molecule has 2 aromatic carbocycles. The normalized spacial score (nSPS) is 12.0. The van der Waals surface area contributed by atoms with E-state index in [1.807, 2.05) is 31.2 Å². The van der Waals surface area contributed by atoms with Crippen LogP contribution in [-0.2, 0) is 14.8 Å². The number of nitrogens with zero attached hydrogens (tertiary/aromatic N) is 1. The molecule has 0 heterocycles. The zero-order chi connectivity index (χ0) is 22.3. The van der Waals surface area contributed by atoms with E-state index in [1.165, 1.54) is 27.2 Å². The van der Waals surface area contributed by atoms with Crippen molar-refractivity contribution in [1.29, 1.82) is 0 Å². The van der Waals surface area contributed by atoms with Gasteiger partial charge in [0.05, 0.1) is 32.7 Å². The van der Waals surface area contributed by atoms with E-state index in [2.05, 4.69) is 5.32 Å². The van der Waals surface area contributed by atoms with E-state index in [-0.39, 0.29) is 13.2 Å². The monoisotopic (exact) mass is 436 g/mol. The highest BCUT2D eigenvalue weighted by atomic mass is 32.2. The number of hydrogen-bond acceptors (Lipinski definition) is 6. The van der Waals surface area contributed by atoms with E-state index in [0.29, 0.717) is 22.9 Å². The molecule has 1 atom stereocenters. The maximum Gasteiger partial charge on any atom is 0.243 e. The van der Waals surface area contributed by atoms with Gasteiger partial charge in [0, 0.05) is 6.07 Å². The van der Waals surface area contributed by atoms with Gasteiger partial charge in [-0.3, -0.25) is 9.10 Å². The van der Waals surface area contributed by atoms with Crippen molar-refractivity contribution in [3.63, 3.8) is 0 Å². The lowest BCUT2D eigenvalue weighted by atomic mass is 10.2. The molecule has 0 fully saturated rings. The predicted molar refractivity (Wildman–Crippen MR) is 116 cm³/mol. The number of hydrogen-bond donors (Lipinski definition) is 1. The first-order chi connectivity index (χ1) is 14.2. The van der Waals surface area contributed by atoms with E-state index >= 15 is 0 Å². The summed E-state index contributed by atoms with van der Waals surface area (Å²) < 4.78 is 41.9. The molecule has 0 aliphatic carbocycles. The van der Waals surface area contributed by atoms with Gasteiger partial charge in [-0.1, -0.05) is 17.7 Å². The van der Waals surface area contributed by atoms with E-state index in [1.54, 1.807) is 12.1 Å². The molecule has 30 heavy (non-hydrogen) atoms. The minimum absolute atomic E-state index is 0.237. The first-order valence-corrected chi connectivity index (χ1v) is 11.2. The number of carbonyl (C=O) groups is 1. The maximum atomic E-state index is 12.6. The molecule has 2 rings (SSSR count). The first-order valence-electron chi connectivity index (χ1n) is 9.36. The van der Waals surface area contributed by atoms with Gasteiger partial charge in [0.2, 0.25) is 15.9 Å². The lowest BCUT2D eigenvalue weighted by Crippen LogP contribution is -2.48. The Morgan fingerprint density at radius 3 is 2.27 bits per heavy atom. The van der Waals surface area contributed by atoms with Crippen LogP contribution in [-0.4, -0.2) is 54.0 Å². The number of anilines is 1. The van der Waals surface area contributed by atoms with Gasteiger partial charge in [0.15, 0.2) is 11.5 Å². The van der Waals surface area contributed by atoms with Crippen molar-refractivity contribution in [3.8, 4) is 17.2 Å². The molecule has 9 heteroatoms. The molecular formula is C21H28N2O6S. The maximum absolute atomic E-state index is 12.6. The van der Waals surface area contributed by atoms with E-state index in [0.717, 1.165) is 16.1 Å². The van der Waals surface area contributed by atoms with Crippen LogP contribution in [0, 0.1) is 6.92 Å². The van der Waals surface area contributed by atoms with Crippen molar-refractivity contribution in [1.82, 2.24) is 5.32 Å². The fourth-order valence-corrected chi connectivity index (χ4v) is 4.06. The van der Waals surface area contributed by atoms with Crippen molar-refractivity contribution in [2.45, 2.75) is 19.9 Å². The summed E-state index contributed by atoms with van der Waals surface area (Å²) in [7, 11) is -0.798. The number of ether oxygens (including phenoxy) is 3. The standard InChI is InChI=1S/C21H28N2O6S/c1-15-6-9-18(10-7-15)29-13-12-22-21(24)16(2)23(30(5,25)26)17-8-11-19(27-3)20(14-17)28-4/h6-11,14,16H,12-13H2,1-5H3,(H,22,24)/t16-/m0/s1. The fourth-order valence-electron chi connectivity index (χ4n) is 2.90. The van der Waals surface area contributed by atoms with Crippen LogP contribution >= 0.6 is 0 Å². The van der Waals surface area contributed by atoms with Crippen molar-refractivity contribution in [2.75, 3.05) is 37.9 Å². The zero-order valence-electron chi connectivity index (χ0n) is 17.8. The van der Waals surface area contributed by atoms with Crippen molar-refractivity contribution in [3.05, 3.63) is 48.0 Å². The lowest BCUT2D eigenvalue weighted by Gasteiger charge is -2.28. The van der Waals surface area contributed by atoms with Crippen LogP contribution in [0.5, 0.6) is 17.2 Å². The lowest BCUT2D eigenvalue weighted by molar-refractivity contribution is -0.121. The summed E-state index contributed by atoms with van der Waals surface area (Å²) in [5, 5.41) is 2.71. The Bertz CT molecular complexity index is 960. The van der Waals surface area contributed by atoms with E-state index in [9.17, 15) is 13.2 Å². The van der Waals surface area contributed by atoms with Gasteiger partial charge in [-0.25, -0.2) is 8.42 Å². The van der Waals surface area contributed by atoms with Gasteiger partial charge in [0.25, 0.3) is 0 Å². The Morgan fingerprint density at radius 2 is 1.70 bits per heavy atom. The van der Waals surface area contributed by atoms with Crippen LogP contribution < -0.4 is 23.8 Å². The molecule has 8 nitrogen and oxygen atoms in total. The highest BCUT2D eigenvalue weighted by molar-refractivity contribution is 7.92. The highest BCUT2D eigenvalue weighted by Gasteiger charge is 2.29. The Hall–Kier alpha value is -2.94. The van der Waals surface area contributed by atoms with Gasteiger partial charge >= 0.3 is 0 Å². The van der Waals surface area contributed by atoms with Crippen LogP contribution in [0.2, 0.25) is 0 Å². The molecule has 0 saturated heterocycles. The summed E-state index contributed by atoms with van der Waals surface area (Å²) in [5.74, 6) is 1.08. The summed E-state index contributed by atoms with van der Waals surface area (Å²) >= 11 is 0. The number of amides is 1. The van der Waals surface area contributed by atoms with E-state index < -0.39 is 22.0 Å². The summed E-state index contributed by atoms with van der Waals surface area (Å²) in [5.41, 5.74) is 1.43. The SMILES string of the molecule is COc1ccc(N([C@@H](C)C(=O)NCCOc2ccc(C)cc2)S(C)(=O)=O)cc1OC. The van der Waals surface area contributed by atoms with Crippen LogP contribution in [0.3, 0.4) is 0 Å². The number of nitrogens with one attached hydrogen (secondary N) is 1. The third-order valence-electron chi connectivity index (χ3n) is 4.40. The van der Waals surface area contributed by atoms with Crippen LogP contribution in [0.1, 0.15) is 12.5 Å². The molecule has 164 valence electrons. The third-order valence-corrected chi connectivity index (χ3v) is 5.64. The number of benzene rings is 2. The molecule has 0 aromatic heterocycles. The number of carbonyl (C=O) groups excluding carboxylic acids is 1. The molecule has 0 aliphatic heterocycles. The minimum atomic E-state index is -3.74. The van der Waals surface area contributed by atoms with Crippen LogP contribution in [0.4, 0.5) is 5.69 Å². The minimum Gasteiger partial charge on any atom is -0.493 e. The van der Waals surface area contributed by atoms with Gasteiger partial charge in [0.1, 0.15) is 18.4 Å². The number of sulfonamides is 1. The smallest absolute Gasteiger partial charge is 0.243 e. The predicted octanol–water partition coefficient (Wildman–Crippen LogP) is 2.36. The van der Waals surface area contributed by atoms with Crippen molar-refractivity contribution < 1.29 is 27.4 Å². The Labute approximate surface area is 177 Å². The second-order valence-electron chi connectivity index (χ2n) is 6.73. The van der Waals surface area contributed by atoms with Crippen LogP contribution in [0.25, 0.3) is 0 Å². The van der Waals surface area contributed by atoms with Gasteiger partial charge in [-0.05, 0) is 38.1 Å².